The van der Waals surface area contributed by atoms with Crippen LogP contribution in [0.25, 0.3) is 16.8 Å². The summed E-state index contributed by atoms with van der Waals surface area (Å²) < 4.78 is 6.98. The number of halogens is 1. The number of hydrogen-bond donors (Lipinski definition) is 1. The first-order valence-electron chi connectivity index (χ1n) is 10.3. The Morgan fingerprint density at radius 2 is 1.94 bits per heavy atom. The van der Waals surface area contributed by atoms with E-state index in [0.29, 0.717) is 32.6 Å². The van der Waals surface area contributed by atoms with E-state index in [9.17, 15) is 9.59 Å². The summed E-state index contributed by atoms with van der Waals surface area (Å²) in [5, 5.41) is 5.74. The molecule has 3 heterocycles. The first-order chi connectivity index (χ1) is 15.4. The molecule has 0 bridgehead atoms. The molecular formula is C24H22ClN3O3S. The number of thiophene rings is 1. The minimum Gasteiger partial charge on any atom is -0.462 e. The predicted octanol–water partition coefficient (Wildman–Crippen LogP) is 6.02. The van der Waals surface area contributed by atoms with Crippen LogP contribution >= 0.6 is 22.9 Å². The fraction of sp³-hybridized carbons (Fsp3) is 0.208. The Kier molecular flexibility index (Phi) is 6.30. The number of imidazole rings is 1. The zero-order valence-corrected chi connectivity index (χ0v) is 19.5. The largest absolute Gasteiger partial charge is 0.462 e. The van der Waals surface area contributed by atoms with Crippen molar-refractivity contribution in [1.82, 2.24) is 9.38 Å². The third-order valence-corrected chi connectivity index (χ3v) is 6.28. The highest BCUT2D eigenvalue weighted by molar-refractivity contribution is 7.15. The molecule has 4 aromatic rings. The summed E-state index contributed by atoms with van der Waals surface area (Å²) in [6.07, 6.45) is 2.63. The van der Waals surface area contributed by atoms with Gasteiger partial charge in [-0.2, -0.15) is 0 Å². The van der Waals surface area contributed by atoms with E-state index in [0.717, 1.165) is 17.5 Å². The van der Waals surface area contributed by atoms with Gasteiger partial charge in [-0.1, -0.05) is 42.8 Å². The Hall–Kier alpha value is -3.16. The summed E-state index contributed by atoms with van der Waals surface area (Å²) in [7, 11) is 0. The van der Waals surface area contributed by atoms with Crippen molar-refractivity contribution < 1.29 is 14.3 Å². The highest BCUT2D eigenvalue weighted by atomic mass is 35.5. The fourth-order valence-electron chi connectivity index (χ4n) is 3.56. The van der Waals surface area contributed by atoms with Crippen molar-refractivity contribution >= 4 is 45.5 Å². The number of amides is 1. The normalized spacial score (nSPS) is 11.0. The van der Waals surface area contributed by atoms with Crippen LogP contribution in [0.2, 0.25) is 5.02 Å². The lowest BCUT2D eigenvalue weighted by atomic mass is 10.0. The maximum absolute atomic E-state index is 13.2. The zero-order chi connectivity index (χ0) is 22.8. The SMILES string of the molecule is CCOC(=O)c1c(-c2ccc(CC)cc2)csc1NC(=O)c1c(C)nc2cc(Cl)ccn12. The molecule has 0 unspecified atom stereocenters. The van der Waals surface area contributed by atoms with Crippen LogP contribution in [0.4, 0.5) is 5.00 Å². The van der Waals surface area contributed by atoms with Crippen LogP contribution in [0.1, 0.15) is 46.0 Å². The fourth-order valence-corrected chi connectivity index (χ4v) is 4.67. The smallest absolute Gasteiger partial charge is 0.341 e. The third-order valence-electron chi connectivity index (χ3n) is 5.15. The average Bonchev–Trinajstić information content (AvgIpc) is 3.33. The summed E-state index contributed by atoms with van der Waals surface area (Å²) in [5.74, 6) is -0.835. The van der Waals surface area contributed by atoms with E-state index in [1.165, 1.54) is 16.9 Å². The average molecular weight is 468 g/mol. The Labute approximate surface area is 194 Å². The minimum atomic E-state index is -0.472. The number of anilines is 1. The number of carbonyl (C=O) groups is 2. The van der Waals surface area contributed by atoms with Gasteiger partial charge in [0.05, 0.1) is 12.3 Å². The molecule has 0 saturated heterocycles. The minimum absolute atomic E-state index is 0.239. The number of aromatic nitrogens is 2. The van der Waals surface area contributed by atoms with Crippen molar-refractivity contribution in [1.29, 1.82) is 0 Å². The van der Waals surface area contributed by atoms with Crippen molar-refractivity contribution in [3.05, 3.63) is 75.5 Å². The van der Waals surface area contributed by atoms with Gasteiger partial charge in [0, 0.05) is 28.2 Å². The number of benzene rings is 1. The molecule has 6 nitrogen and oxygen atoms in total. The van der Waals surface area contributed by atoms with Gasteiger partial charge in [0.25, 0.3) is 5.91 Å². The third kappa shape index (κ3) is 4.13. The predicted molar refractivity (Wildman–Crippen MR) is 128 cm³/mol. The zero-order valence-electron chi connectivity index (χ0n) is 17.9. The van der Waals surface area contributed by atoms with Gasteiger partial charge in [-0.3, -0.25) is 9.20 Å². The molecule has 1 N–H and O–H groups in total. The van der Waals surface area contributed by atoms with Crippen LogP contribution in [-0.2, 0) is 11.2 Å². The molecule has 8 heteroatoms. The van der Waals surface area contributed by atoms with Gasteiger partial charge in [0.15, 0.2) is 0 Å². The quantitative estimate of drug-likeness (QED) is 0.352. The molecule has 0 radical (unpaired) electrons. The maximum Gasteiger partial charge on any atom is 0.341 e. The molecule has 164 valence electrons. The van der Waals surface area contributed by atoms with Crippen LogP contribution in [0.15, 0.2) is 48.0 Å². The van der Waals surface area contributed by atoms with Crippen molar-refractivity contribution in [2.75, 3.05) is 11.9 Å². The Morgan fingerprint density at radius 1 is 1.19 bits per heavy atom. The van der Waals surface area contributed by atoms with E-state index in [1.807, 2.05) is 29.6 Å². The van der Waals surface area contributed by atoms with Crippen molar-refractivity contribution in [2.24, 2.45) is 0 Å². The topological polar surface area (TPSA) is 72.7 Å². The van der Waals surface area contributed by atoms with Gasteiger partial charge < -0.3 is 10.1 Å². The van der Waals surface area contributed by atoms with Crippen LogP contribution in [0, 0.1) is 6.92 Å². The van der Waals surface area contributed by atoms with Gasteiger partial charge in [0.2, 0.25) is 0 Å². The molecule has 32 heavy (non-hydrogen) atoms. The lowest BCUT2D eigenvalue weighted by Gasteiger charge is -2.09. The second kappa shape index (κ2) is 9.14. The number of rotatable bonds is 6. The summed E-state index contributed by atoms with van der Waals surface area (Å²) in [4.78, 5) is 30.5. The molecule has 0 aliphatic carbocycles. The Morgan fingerprint density at radius 3 is 2.62 bits per heavy atom. The van der Waals surface area contributed by atoms with Crippen molar-refractivity contribution in [2.45, 2.75) is 27.2 Å². The van der Waals surface area contributed by atoms with Gasteiger partial charge in [-0.25, -0.2) is 9.78 Å². The standard InChI is InChI=1S/C24H22ClN3O3S/c1-4-15-6-8-16(9-7-15)18-13-32-23(20(18)24(30)31-5-2)27-22(29)21-14(3)26-19-12-17(25)10-11-28(19)21/h6-13H,4-5H2,1-3H3,(H,27,29). The first-order valence-corrected chi connectivity index (χ1v) is 11.5. The number of fused-ring (bicyclic) bond motifs is 1. The Balaban J connectivity index is 1.73. The molecule has 4 rings (SSSR count). The van der Waals surface area contributed by atoms with E-state index in [1.54, 1.807) is 36.6 Å². The molecule has 1 amide bonds. The van der Waals surface area contributed by atoms with E-state index < -0.39 is 5.97 Å². The molecule has 0 aliphatic rings. The van der Waals surface area contributed by atoms with Crippen molar-refractivity contribution in [3.63, 3.8) is 0 Å². The summed E-state index contributed by atoms with van der Waals surface area (Å²) >= 11 is 7.34. The molecule has 0 fully saturated rings. The molecular weight excluding hydrogens is 446 g/mol. The summed E-state index contributed by atoms with van der Waals surface area (Å²) in [6.45, 7) is 5.85. The number of aryl methyl sites for hydroxylation is 2. The second-order valence-electron chi connectivity index (χ2n) is 7.20. The lowest BCUT2D eigenvalue weighted by Crippen LogP contribution is -2.17. The van der Waals surface area contributed by atoms with Crippen LogP contribution in [0.5, 0.6) is 0 Å². The van der Waals surface area contributed by atoms with Gasteiger partial charge in [-0.15, -0.1) is 11.3 Å². The number of carbonyl (C=O) groups excluding carboxylic acids is 2. The number of ether oxygens (including phenoxy) is 1. The van der Waals surface area contributed by atoms with E-state index in [2.05, 4.69) is 17.2 Å². The molecule has 3 aromatic heterocycles. The summed E-state index contributed by atoms with van der Waals surface area (Å²) in [5.41, 5.74) is 4.70. The summed E-state index contributed by atoms with van der Waals surface area (Å²) in [6, 6.07) is 11.4. The van der Waals surface area contributed by atoms with E-state index >= 15 is 0 Å². The van der Waals surface area contributed by atoms with Crippen LogP contribution < -0.4 is 5.32 Å². The molecule has 0 atom stereocenters. The van der Waals surface area contributed by atoms with Crippen molar-refractivity contribution in [3.8, 4) is 11.1 Å². The first kappa shape index (κ1) is 22.0. The number of nitrogens with zero attached hydrogens (tertiary/aromatic N) is 2. The van der Waals surface area contributed by atoms with Gasteiger partial charge in [0.1, 0.15) is 21.9 Å². The van der Waals surface area contributed by atoms with E-state index in [4.69, 9.17) is 16.3 Å². The number of pyridine rings is 1. The number of nitrogens with one attached hydrogen (secondary N) is 1. The van der Waals surface area contributed by atoms with Gasteiger partial charge in [-0.05, 0) is 37.5 Å². The Bertz CT molecular complexity index is 1310. The monoisotopic (exact) mass is 467 g/mol. The maximum atomic E-state index is 13.2. The van der Waals surface area contributed by atoms with Crippen LogP contribution in [0.3, 0.4) is 0 Å². The molecule has 1 aromatic carbocycles. The number of esters is 1. The molecule has 0 saturated carbocycles. The number of hydrogen-bond acceptors (Lipinski definition) is 5. The molecule has 0 aliphatic heterocycles. The van der Waals surface area contributed by atoms with E-state index in [-0.39, 0.29) is 12.5 Å². The van der Waals surface area contributed by atoms with Crippen LogP contribution in [-0.4, -0.2) is 27.9 Å². The molecule has 0 spiro atoms. The van der Waals surface area contributed by atoms with Gasteiger partial charge >= 0.3 is 5.97 Å². The highest BCUT2D eigenvalue weighted by Crippen LogP contribution is 2.37. The lowest BCUT2D eigenvalue weighted by molar-refractivity contribution is 0.0529. The highest BCUT2D eigenvalue weighted by Gasteiger charge is 2.25. The second-order valence-corrected chi connectivity index (χ2v) is 8.51.